The molecule has 0 saturated carbocycles. The number of aromatic amines is 1. The minimum Gasteiger partial charge on any atom is -0.294 e. The van der Waals surface area contributed by atoms with E-state index in [9.17, 15) is 13.2 Å². The Kier molecular flexibility index (Phi) is 4.91. The number of rotatable bonds is 5. The molecule has 0 atom stereocenters. The van der Waals surface area contributed by atoms with Gasteiger partial charge < -0.3 is 0 Å². The highest BCUT2D eigenvalue weighted by Crippen LogP contribution is 2.24. The van der Waals surface area contributed by atoms with E-state index in [0.717, 1.165) is 18.4 Å². The fourth-order valence-corrected chi connectivity index (χ4v) is 5.20. The van der Waals surface area contributed by atoms with Gasteiger partial charge in [0.15, 0.2) is 5.82 Å². The van der Waals surface area contributed by atoms with Crippen LogP contribution in [0.2, 0.25) is 0 Å². The largest absolute Gasteiger partial charge is 0.294 e. The van der Waals surface area contributed by atoms with Crippen molar-refractivity contribution in [3.63, 3.8) is 0 Å². The molecule has 146 valence electrons. The predicted molar refractivity (Wildman–Crippen MR) is 106 cm³/mol. The van der Waals surface area contributed by atoms with E-state index in [0.29, 0.717) is 30.8 Å². The first-order valence-corrected chi connectivity index (χ1v) is 10.7. The van der Waals surface area contributed by atoms with Crippen LogP contribution in [0.5, 0.6) is 0 Å². The molecule has 4 rings (SSSR count). The number of hydrogen-bond donors (Lipinski definition) is 1. The maximum absolute atomic E-state index is 13.1. The zero-order valence-corrected chi connectivity index (χ0v) is 16.4. The Hall–Kier alpha value is -2.71. The summed E-state index contributed by atoms with van der Waals surface area (Å²) in [7, 11) is -3.71. The minimum absolute atomic E-state index is 0.0477. The number of aryl methyl sites for hydroxylation is 1. The second-order valence-electron chi connectivity index (χ2n) is 6.95. The molecule has 1 saturated heterocycles. The summed E-state index contributed by atoms with van der Waals surface area (Å²) in [5.41, 5.74) is 2.03. The van der Waals surface area contributed by atoms with Gasteiger partial charge in [0.05, 0.1) is 0 Å². The SMILES string of the molecule is Cc1[nH]n(-c2ncccc2S(=O)(=O)N2CCCC2)c(=O)c1Cc1ccccc1. The Bertz CT molecular complexity index is 1140. The summed E-state index contributed by atoms with van der Waals surface area (Å²) in [5.74, 6) is 0.113. The summed E-state index contributed by atoms with van der Waals surface area (Å²) in [4.78, 5) is 17.4. The molecule has 28 heavy (non-hydrogen) atoms. The summed E-state index contributed by atoms with van der Waals surface area (Å²) < 4.78 is 28.9. The third-order valence-corrected chi connectivity index (χ3v) is 6.98. The van der Waals surface area contributed by atoms with Crippen molar-refractivity contribution in [2.75, 3.05) is 13.1 Å². The molecule has 1 fully saturated rings. The highest BCUT2D eigenvalue weighted by atomic mass is 32.2. The van der Waals surface area contributed by atoms with Crippen molar-refractivity contribution in [3.8, 4) is 5.82 Å². The average molecular weight is 398 g/mol. The van der Waals surface area contributed by atoms with E-state index >= 15 is 0 Å². The zero-order valence-electron chi connectivity index (χ0n) is 15.6. The normalized spacial score (nSPS) is 15.2. The summed E-state index contributed by atoms with van der Waals surface area (Å²) in [6.07, 6.45) is 3.66. The van der Waals surface area contributed by atoms with Gasteiger partial charge in [0.1, 0.15) is 4.90 Å². The topological polar surface area (TPSA) is 88.1 Å². The van der Waals surface area contributed by atoms with E-state index in [4.69, 9.17) is 0 Å². The van der Waals surface area contributed by atoms with Crippen LogP contribution in [-0.2, 0) is 16.4 Å². The summed E-state index contributed by atoms with van der Waals surface area (Å²) in [6, 6.07) is 12.8. The first kappa shape index (κ1) is 18.6. The molecule has 7 nitrogen and oxygen atoms in total. The second kappa shape index (κ2) is 7.37. The molecule has 0 unspecified atom stereocenters. The molecule has 1 aliphatic heterocycles. The van der Waals surface area contributed by atoms with Gasteiger partial charge in [-0.05, 0) is 37.5 Å². The Balaban J connectivity index is 1.79. The molecule has 0 spiro atoms. The second-order valence-corrected chi connectivity index (χ2v) is 8.86. The first-order chi connectivity index (χ1) is 13.5. The van der Waals surface area contributed by atoms with Crippen LogP contribution in [0.1, 0.15) is 29.7 Å². The van der Waals surface area contributed by atoms with Crippen LogP contribution in [0.15, 0.2) is 58.4 Å². The Labute approximate surface area is 163 Å². The van der Waals surface area contributed by atoms with Crippen molar-refractivity contribution in [2.45, 2.75) is 31.1 Å². The van der Waals surface area contributed by atoms with E-state index in [1.165, 1.54) is 21.3 Å². The summed E-state index contributed by atoms with van der Waals surface area (Å²) in [6.45, 7) is 2.80. The molecule has 3 heterocycles. The monoisotopic (exact) mass is 398 g/mol. The van der Waals surface area contributed by atoms with Gasteiger partial charge in [0, 0.05) is 37.0 Å². The quantitative estimate of drug-likeness (QED) is 0.714. The highest BCUT2D eigenvalue weighted by molar-refractivity contribution is 7.89. The smallest absolute Gasteiger partial charge is 0.276 e. The van der Waals surface area contributed by atoms with Gasteiger partial charge in [-0.2, -0.15) is 8.99 Å². The van der Waals surface area contributed by atoms with E-state index in [1.54, 1.807) is 6.07 Å². The Morgan fingerprint density at radius 2 is 1.79 bits per heavy atom. The van der Waals surface area contributed by atoms with Crippen molar-refractivity contribution in [1.29, 1.82) is 0 Å². The molecule has 1 aromatic carbocycles. The average Bonchev–Trinajstić information content (AvgIpc) is 3.34. The van der Waals surface area contributed by atoms with Crippen LogP contribution in [0.4, 0.5) is 0 Å². The molecule has 0 amide bonds. The van der Waals surface area contributed by atoms with Crippen molar-refractivity contribution in [1.82, 2.24) is 19.1 Å². The summed E-state index contributed by atoms with van der Waals surface area (Å²) >= 11 is 0. The molecule has 2 aromatic heterocycles. The van der Waals surface area contributed by atoms with E-state index in [-0.39, 0.29) is 16.3 Å². The van der Waals surface area contributed by atoms with Gasteiger partial charge in [-0.3, -0.25) is 9.89 Å². The standard InChI is InChI=1S/C20H22N4O3S/c1-15-17(14-16-8-3-2-4-9-16)20(25)24(22-15)19-18(10-7-11-21-19)28(26,27)23-12-5-6-13-23/h2-4,7-11,22H,5-6,12-14H2,1H3. The lowest BCUT2D eigenvalue weighted by molar-refractivity contribution is 0.476. The fourth-order valence-electron chi connectivity index (χ4n) is 3.56. The van der Waals surface area contributed by atoms with Gasteiger partial charge in [-0.15, -0.1) is 0 Å². The molecular weight excluding hydrogens is 376 g/mol. The van der Waals surface area contributed by atoms with Gasteiger partial charge in [-0.1, -0.05) is 30.3 Å². The number of aromatic nitrogens is 3. The predicted octanol–water partition coefficient (Wildman–Crippen LogP) is 2.24. The van der Waals surface area contributed by atoms with Crippen LogP contribution in [-0.4, -0.2) is 40.6 Å². The maximum Gasteiger partial charge on any atom is 0.276 e. The first-order valence-electron chi connectivity index (χ1n) is 9.28. The fraction of sp³-hybridized carbons (Fsp3) is 0.300. The Morgan fingerprint density at radius 1 is 1.07 bits per heavy atom. The molecule has 0 aliphatic carbocycles. The molecular formula is C20H22N4O3S. The van der Waals surface area contributed by atoms with Crippen molar-refractivity contribution in [2.24, 2.45) is 0 Å². The van der Waals surface area contributed by atoms with Gasteiger partial charge in [0.2, 0.25) is 10.0 Å². The van der Waals surface area contributed by atoms with Crippen molar-refractivity contribution >= 4 is 10.0 Å². The maximum atomic E-state index is 13.1. The molecule has 3 aromatic rings. The molecule has 0 bridgehead atoms. The van der Waals surface area contributed by atoms with E-state index < -0.39 is 10.0 Å². The summed E-state index contributed by atoms with van der Waals surface area (Å²) in [5, 5.41) is 3.01. The third kappa shape index (κ3) is 3.29. The van der Waals surface area contributed by atoms with Crippen LogP contribution < -0.4 is 5.56 Å². The van der Waals surface area contributed by atoms with E-state index in [1.807, 2.05) is 37.3 Å². The lowest BCUT2D eigenvalue weighted by Gasteiger charge is -2.17. The van der Waals surface area contributed by atoms with Crippen LogP contribution in [0.3, 0.4) is 0 Å². The van der Waals surface area contributed by atoms with Crippen LogP contribution in [0.25, 0.3) is 5.82 Å². The third-order valence-electron chi connectivity index (χ3n) is 5.06. The van der Waals surface area contributed by atoms with Crippen molar-refractivity contribution < 1.29 is 8.42 Å². The molecule has 1 aliphatic rings. The number of nitrogens with zero attached hydrogens (tertiary/aromatic N) is 3. The number of pyridine rings is 1. The van der Waals surface area contributed by atoms with Crippen molar-refractivity contribution in [3.05, 3.63) is 75.8 Å². The van der Waals surface area contributed by atoms with E-state index in [2.05, 4.69) is 10.1 Å². The highest BCUT2D eigenvalue weighted by Gasteiger charge is 2.31. The number of hydrogen-bond acceptors (Lipinski definition) is 4. The lowest BCUT2D eigenvalue weighted by atomic mass is 10.1. The molecule has 0 radical (unpaired) electrons. The number of sulfonamides is 1. The number of benzene rings is 1. The van der Waals surface area contributed by atoms with Gasteiger partial charge in [-0.25, -0.2) is 13.4 Å². The number of H-pyrrole nitrogens is 1. The van der Waals surface area contributed by atoms with Crippen LogP contribution in [0, 0.1) is 6.92 Å². The lowest BCUT2D eigenvalue weighted by Crippen LogP contribution is -2.30. The zero-order chi connectivity index (χ0) is 19.7. The van der Waals surface area contributed by atoms with Gasteiger partial charge in [0.25, 0.3) is 5.56 Å². The minimum atomic E-state index is -3.71. The molecule has 1 N–H and O–H groups in total. The molecule has 8 heteroatoms. The number of nitrogens with one attached hydrogen (secondary N) is 1. The Morgan fingerprint density at radius 3 is 2.50 bits per heavy atom. The van der Waals surface area contributed by atoms with Gasteiger partial charge >= 0.3 is 0 Å². The van der Waals surface area contributed by atoms with Crippen LogP contribution >= 0.6 is 0 Å².